The van der Waals surface area contributed by atoms with Crippen LogP contribution in [0.2, 0.25) is 0 Å². The number of hydrogen-bond donors (Lipinski definition) is 1. The predicted molar refractivity (Wildman–Crippen MR) is 120 cm³/mol. The molecule has 10 heteroatoms. The van der Waals surface area contributed by atoms with Crippen molar-refractivity contribution in [3.63, 3.8) is 0 Å². The van der Waals surface area contributed by atoms with Gasteiger partial charge in [-0.3, -0.25) is 9.89 Å². The number of H-pyrrole nitrogens is 1. The van der Waals surface area contributed by atoms with Crippen molar-refractivity contribution in [3.8, 4) is 11.3 Å². The van der Waals surface area contributed by atoms with E-state index in [0.29, 0.717) is 28.7 Å². The number of carbonyl (C=O) groups excluding carboxylic acids is 1. The summed E-state index contributed by atoms with van der Waals surface area (Å²) in [6, 6.07) is 11.1. The second-order valence-corrected chi connectivity index (χ2v) is 11.8. The normalized spacial score (nSPS) is 15.5. The van der Waals surface area contributed by atoms with Crippen LogP contribution < -0.4 is 0 Å². The van der Waals surface area contributed by atoms with Gasteiger partial charge in [0.2, 0.25) is 0 Å². The number of aromatic nitrogens is 2. The Balaban J connectivity index is 1.43. The topological polar surface area (TPSA) is 86.4 Å². The molecule has 1 aromatic carbocycles. The van der Waals surface area contributed by atoms with Gasteiger partial charge < -0.3 is 4.90 Å². The second-order valence-electron chi connectivity index (χ2n) is 7.22. The maximum atomic E-state index is 12.9. The Morgan fingerprint density at radius 2 is 1.80 bits per heavy atom. The van der Waals surface area contributed by atoms with Crippen LogP contribution in [0.5, 0.6) is 0 Å². The average Bonchev–Trinajstić information content (AvgIpc) is 3.39. The fourth-order valence-corrected chi connectivity index (χ4v) is 6.93. The van der Waals surface area contributed by atoms with E-state index >= 15 is 0 Å². The summed E-state index contributed by atoms with van der Waals surface area (Å²) in [6.07, 6.45) is 0. The SMILES string of the molecule is Cc1ccc(-c2cc(C(=O)N3CCN(S(=O)(=O)c4ccc(Br)s4)CC3)[nH]n2)cc1C. The van der Waals surface area contributed by atoms with Crippen LogP contribution in [0.3, 0.4) is 0 Å². The third kappa shape index (κ3) is 4.09. The zero-order valence-corrected chi connectivity index (χ0v) is 19.8. The molecule has 0 aliphatic carbocycles. The number of piperazine rings is 1. The number of halogens is 1. The van der Waals surface area contributed by atoms with Crippen molar-refractivity contribution in [2.24, 2.45) is 0 Å². The molecule has 0 bridgehead atoms. The van der Waals surface area contributed by atoms with E-state index in [1.807, 2.05) is 25.1 Å². The van der Waals surface area contributed by atoms with Crippen molar-refractivity contribution in [3.05, 3.63) is 57.0 Å². The van der Waals surface area contributed by atoms with Crippen LogP contribution in [-0.4, -0.2) is 59.9 Å². The number of rotatable bonds is 4. The summed E-state index contributed by atoms with van der Waals surface area (Å²) in [4.78, 5) is 14.5. The van der Waals surface area contributed by atoms with Gasteiger partial charge >= 0.3 is 0 Å². The lowest BCUT2D eigenvalue weighted by atomic mass is 10.0. The third-order valence-corrected chi connectivity index (χ3v) is 9.27. The van der Waals surface area contributed by atoms with E-state index in [-0.39, 0.29) is 19.0 Å². The average molecular weight is 509 g/mol. The first kappa shape index (κ1) is 21.2. The Morgan fingerprint density at radius 1 is 1.07 bits per heavy atom. The molecule has 0 atom stereocenters. The molecule has 3 aromatic rings. The van der Waals surface area contributed by atoms with Gasteiger partial charge in [0.1, 0.15) is 9.90 Å². The van der Waals surface area contributed by atoms with Gasteiger partial charge in [0.15, 0.2) is 0 Å². The predicted octanol–water partition coefficient (Wildman–Crippen LogP) is 3.66. The maximum absolute atomic E-state index is 12.9. The van der Waals surface area contributed by atoms with Crippen LogP contribution in [0.25, 0.3) is 11.3 Å². The molecule has 2 aromatic heterocycles. The molecule has 4 rings (SSSR count). The lowest BCUT2D eigenvalue weighted by Crippen LogP contribution is -2.50. The molecule has 3 heterocycles. The van der Waals surface area contributed by atoms with Crippen LogP contribution in [-0.2, 0) is 10.0 Å². The molecule has 1 aliphatic heterocycles. The van der Waals surface area contributed by atoms with E-state index in [4.69, 9.17) is 0 Å². The Hall–Kier alpha value is -2.01. The summed E-state index contributed by atoms with van der Waals surface area (Å²) in [5, 5.41) is 7.12. The minimum atomic E-state index is -3.53. The van der Waals surface area contributed by atoms with Crippen LogP contribution >= 0.6 is 27.3 Å². The van der Waals surface area contributed by atoms with E-state index in [0.717, 1.165) is 9.35 Å². The summed E-state index contributed by atoms with van der Waals surface area (Å²) in [5.74, 6) is -0.173. The maximum Gasteiger partial charge on any atom is 0.271 e. The molecular weight excluding hydrogens is 488 g/mol. The van der Waals surface area contributed by atoms with Gasteiger partial charge in [-0.25, -0.2) is 8.42 Å². The minimum Gasteiger partial charge on any atom is -0.335 e. The fourth-order valence-electron chi connectivity index (χ4n) is 3.35. The number of nitrogens with one attached hydrogen (secondary N) is 1. The van der Waals surface area contributed by atoms with Gasteiger partial charge in [-0.05, 0) is 65.2 Å². The number of thiophene rings is 1. The number of nitrogens with zero attached hydrogens (tertiary/aromatic N) is 3. The zero-order chi connectivity index (χ0) is 21.5. The largest absolute Gasteiger partial charge is 0.335 e. The molecule has 1 amide bonds. The molecule has 0 radical (unpaired) electrons. The lowest BCUT2D eigenvalue weighted by molar-refractivity contribution is 0.0692. The Morgan fingerprint density at radius 3 is 2.43 bits per heavy atom. The molecule has 7 nitrogen and oxygen atoms in total. The van der Waals surface area contributed by atoms with Crippen molar-refractivity contribution in [1.82, 2.24) is 19.4 Å². The molecule has 0 saturated carbocycles. The molecule has 158 valence electrons. The van der Waals surface area contributed by atoms with Gasteiger partial charge in [0.25, 0.3) is 15.9 Å². The zero-order valence-electron chi connectivity index (χ0n) is 16.6. The smallest absolute Gasteiger partial charge is 0.271 e. The molecule has 1 saturated heterocycles. The summed E-state index contributed by atoms with van der Waals surface area (Å²) >= 11 is 4.49. The first-order chi connectivity index (χ1) is 14.3. The van der Waals surface area contributed by atoms with Crippen molar-refractivity contribution in [1.29, 1.82) is 0 Å². The van der Waals surface area contributed by atoms with Crippen molar-refractivity contribution < 1.29 is 13.2 Å². The molecular formula is C20H21BrN4O3S2. The molecule has 0 spiro atoms. The number of hydrogen-bond acceptors (Lipinski definition) is 5. The van der Waals surface area contributed by atoms with Gasteiger partial charge in [0, 0.05) is 31.7 Å². The number of aryl methyl sites for hydroxylation is 2. The second kappa shape index (κ2) is 8.26. The molecule has 30 heavy (non-hydrogen) atoms. The van der Waals surface area contributed by atoms with Crippen LogP contribution in [0, 0.1) is 13.8 Å². The van der Waals surface area contributed by atoms with Crippen LogP contribution in [0.4, 0.5) is 0 Å². The van der Waals surface area contributed by atoms with Crippen molar-refractivity contribution >= 4 is 43.2 Å². The highest BCUT2D eigenvalue weighted by Gasteiger charge is 2.31. The Kier molecular flexibility index (Phi) is 5.84. The third-order valence-electron chi connectivity index (χ3n) is 5.28. The highest BCUT2D eigenvalue weighted by Crippen LogP contribution is 2.29. The van der Waals surface area contributed by atoms with Crippen molar-refractivity contribution in [2.45, 2.75) is 18.1 Å². The Bertz CT molecular complexity index is 1190. The first-order valence-electron chi connectivity index (χ1n) is 9.43. The van der Waals surface area contributed by atoms with Crippen LogP contribution in [0.1, 0.15) is 21.6 Å². The minimum absolute atomic E-state index is 0.173. The number of carbonyl (C=O) groups is 1. The molecule has 1 N–H and O–H groups in total. The van der Waals surface area contributed by atoms with E-state index < -0.39 is 10.0 Å². The summed E-state index contributed by atoms with van der Waals surface area (Å²) in [7, 11) is -3.53. The quantitative estimate of drug-likeness (QED) is 0.582. The number of aromatic amines is 1. The first-order valence-corrected chi connectivity index (χ1v) is 12.5. The molecule has 1 fully saturated rings. The standard InChI is InChI=1S/C20H21BrN4O3S2/c1-13-3-4-15(11-14(13)2)16-12-17(23-22-16)20(26)24-7-9-25(10-8-24)30(27,28)19-6-5-18(21)29-19/h3-6,11-12H,7-10H2,1-2H3,(H,22,23). The van der Waals surface area contributed by atoms with Gasteiger partial charge in [-0.1, -0.05) is 12.1 Å². The van der Waals surface area contributed by atoms with E-state index in [1.54, 1.807) is 23.1 Å². The number of amides is 1. The lowest BCUT2D eigenvalue weighted by Gasteiger charge is -2.33. The van der Waals surface area contributed by atoms with E-state index in [2.05, 4.69) is 33.1 Å². The van der Waals surface area contributed by atoms with E-state index in [1.165, 1.54) is 26.8 Å². The van der Waals surface area contributed by atoms with Crippen LogP contribution in [0.15, 0.2) is 44.4 Å². The molecule has 0 unspecified atom stereocenters. The van der Waals surface area contributed by atoms with Crippen molar-refractivity contribution in [2.75, 3.05) is 26.2 Å². The molecule has 1 aliphatic rings. The summed E-state index contributed by atoms with van der Waals surface area (Å²) < 4.78 is 28.0. The number of sulfonamides is 1. The summed E-state index contributed by atoms with van der Waals surface area (Å²) in [6.45, 7) is 5.30. The van der Waals surface area contributed by atoms with Gasteiger partial charge in [0.05, 0.1) is 9.48 Å². The summed E-state index contributed by atoms with van der Waals surface area (Å²) in [5.41, 5.74) is 4.44. The number of benzene rings is 1. The Labute approximate surface area is 187 Å². The van der Waals surface area contributed by atoms with E-state index in [9.17, 15) is 13.2 Å². The monoisotopic (exact) mass is 508 g/mol. The fraction of sp³-hybridized carbons (Fsp3) is 0.300. The van der Waals surface area contributed by atoms with Gasteiger partial charge in [-0.2, -0.15) is 9.40 Å². The highest BCUT2D eigenvalue weighted by atomic mass is 79.9. The van der Waals surface area contributed by atoms with Gasteiger partial charge in [-0.15, -0.1) is 11.3 Å². The highest BCUT2D eigenvalue weighted by molar-refractivity contribution is 9.11.